The number of methoxy groups -OCH3 is 1. The molecule has 0 amide bonds. The maximum Gasteiger partial charge on any atom is 0.337 e. The van der Waals surface area contributed by atoms with Crippen LogP contribution in [-0.4, -0.2) is 34.6 Å². The number of aliphatic hydroxyl groups excluding tert-OH is 2. The Bertz CT molecular complexity index is 270. The molecule has 2 N–H and O–H groups in total. The zero-order valence-electron chi connectivity index (χ0n) is 6.88. The molecule has 1 heterocycles. The van der Waals surface area contributed by atoms with Gasteiger partial charge >= 0.3 is 5.97 Å². The Labute approximate surface area is 73.7 Å². The molecule has 0 fully saturated rings. The summed E-state index contributed by atoms with van der Waals surface area (Å²) in [6.45, 7) is 0. The second-order valence-electron chi connectivity index (χ2n) is 2.37. The van der Waals surface area contributed by atoms with Crippen LogP contribution in [0.15, 0.2) is 17.0 Å². The minimum Gasteiger partial charge on any atom is -0.467 e. The molecule has 0 saturated heterocycles. The van der Waals surface area contributed by atoms with E-state index in [0.29, 0.717) is 0 Å². The first-order valence-corrected chi connectivity index (χ1v) is 3.50. The normalized spacial score (nSPS) is 15.0. The summed E-state index contributed by atoms with van der Waals surface area (Å²) in [4.78, 5) is 10.8. The van der Waals surface area contributed by atoms with Crippen LogP contribution < -0.4 is 0 Å². The standard InChI is InChI=1S/C7H9NO5/c1-12-7(11)6(10)5(9)4-2-8-13-3-4/h2-3,5-6,9-10H,1H3. The molecule has 1 aromatic rings. The van der Waals surface area contributed by atoms with E-state index in [2.05, 4.69) is 14.4 Å². The quantitative estimate of drug-likeness (QED) is 0.604. The first kappa shape index (κ1) is 9.69. The molecule has 6 nitrogen and oxygen atoms in total. The van der Waals surface area contributed by atoms with E-state index in [4.69, 9.17) is 5.11 Å². The number of hydrogen-bond donors (Lipinski definition) is 2. The highest BCUT2D eigenvalue weighted by molar-refractivity contribution is 5.75. The third-order valence-electron chi connectivity index (χ3n) is 1.53. The lowest BCUT2D eigenvalue weighted by atomic mass is 10.1. The second-order valence-corrected chi connectivity index (χ2v) is 2.37. The molecule has 0 aliphatic carbocycles. The Hall–Kier alpha value is -1.40. The van der Waals surface area contributed by atoms with Gasteiger partial charge in [0.05, 0.1) is 13.3 Å². The van der Waals surface area contributed by atoms with Crippen LogP contribution >= 0.6 is 0 Å². The van der Waals surface area contributed by atoms with Crippen LogP contribution in [0.2, 0.25) is 0 Å². The number of aromatic nitrogens is 1. The van der Waals surface area contributed by atoms with Gasteiger partial charge in [0.25, 0.3) is 0 Å². The molecule has 0 aromatic carbocycles. The molecule has 2 atom stereocenters. The molecule has 1 aromatic heterocycles. The first-order chi connectivity index (χ1) is 6.16. The van der Waals surface area contributed by atoms with Crippen LogP contribution in [0.1, 0.15) is 11.7 Å². The number of carbonyl (C=O) groups is 1. The predicted octanol–water partition coefficient (Wildman–Crippen LogP) is -0.758. The molecular weight excluding hydrogens is 178 g/mol. The smallest absolute Gasteiger partial charge is 0.337 e. The largest absolute Gasteiger partial charge is 0.467 e. The molecular formula is C7H9NO5. The molecule has 0 bridgehead atoms. The summed E-state index contributed by atoms with van der Waals surface area (Å²) >= 11 is 0. The third-order valence-corrected chi connectivity index (χ3v) is 1.53. The molecule has 2 unspecified atom stereocenters. The summed E-state index contributed by atoms with van der Waals surface area (Å²) in [7, 11) is 1.12. The number of aliphatic hydroxyl groups is 2. The van der Waals surface area contributed by atoms with Crippen molar-refractivity contribution < 1.29 is 24.3 Å². The van der Waals surface area contributed by atoms with E-state index in [1.54, 1.807) is 0 Å². The highest BCUT2D eigenvalue weighted by Gasteiger charge is 2.27. The number of nitrogens with zero attached hydrogens (tertiary/aromatic N) is 1. The maximum atomic E-state index is 10.8. The van der Waals surface area contributed by atoms with Crippen molar-refractivity contribution in [3.8, 4) is 0 Å². The Morgan fingerprint density at radius 2 is 2.38 bits per heavy atom. The van der Waals surface area contributed by atoms with Gasteiger partial charge in [0.1, 0.15) is 12.4 Å². The van der Waals surface area contributed by atoms with Gasteiger partial charge in [-0.2, -0.15) is 0 Å². The number of carbonyl (C=O) groups excluding carboxylic acids is 1. The van der Waals surface area contributed by atoms with Gasteiger partial charge in [0, 0.05) is 5.56 Å². The number of esters is 1. The molecule has 0 aliphatic heterocycles. The lowest BCUT2D eigenvalue weighted by molar-refractivity contribution is -0.156. The number of rotatable bonds is 3. The first-order valence-electron chi connectivity index (χ1n) is 3.50. The molecule has 6 heteroatoms. The van der Waals surface area contributed by atoms with Crippen molar-refractivity contribution in [2.75, 3.05) is 7.11 Å². The van der Waals surface area contributed by atoms with Crippen molar-refractivity contribution >= 4 is 5.97 Å². The van der Waals surface area contributed by atoms with Gasteiger partial charge in [-0.1, -0.05) is 5.16 Å². The van der Waals surface area contributed by atoms with Crippen LogP contribution in [-0.2, 0) is 9.53 Å². The van der Waals surface area contributed by atoms with Crippen molar-refractivity contribution in [3.63, 3.8) is 0 Å². The van der Waals surface area contributed by atoms with Crippen molar-refractivity contribution in [2.45, 2.75) is 12.2 Å². The summed E-state index contributed by atoms with van der Waals surface area (Å²) in [6, 6.07) is 0. The van der Waals surface area contributed by atoms with Gasteiger partial charge in [0.2, 0.25) is 0 Å². The number of ether oxygens (including phenoxy) is 1. The Balaban J connectivity index is 2.68. The summed E-state index contributed by atoms with van der Waals surface area (Å²) in [5.41, 5.74) is 0.220. The summed E-state index contributed by atoms with van der Waals surface area (Å²) in [6.07, 6.45) is -0.656. The molecule has 1 rings (SSSR count). The van der Waals surface area contributed by atoms with E-state index in [0.717, 1.165) is 13.4 Å². The Kier molecular flexibility index (Phi) is 2.99. The highest BCUT2D eigenvalue weighted by atomic mass is 16.5. The van der Waals surface area contributed by atoms with Crippen LogP contribution in [0.25, 0.3) is 0 Å². The van der Waals surface area contributed by atoms with E-state index in [-0.39, 0.29) is 5.56 Å². The van der Waals surface area contributed by atoms with E-state index >= 15 is 0 Å². The van der Waals surface area contributed by atoms with E-state index in [1.165, 1.54) is 6.20 Å². The topological polar surface area (TPSA) is 92.8 Å². The molecule has 72 valence electrons. The second kappa shape index (κ2) is 4.01. The SMILES string of the molecule is COC(=O)C(O)C(O)c1cnoc1. The lowest BCUT2D eigenvalue weighted by Gasteiger charge is -2.12. The Morgan fingerprint density at radius 1 is 1.69 bits per heavy atom. The molecule has 0 spiro atoms. The van der Waals surface area contributed by atoms with Gasteiger partial charge in [-0.3, -0.25) is 0 Å². The van der Waals surface area contributed by atoms with E-state index < -0.39 is 18.2 Å². The summed E-state index contributed by atoms with van der Waals surface area (Å²) < 4.78 is 8.66. The fourth-order valence-electron chi connectivity index (χ4n) is 0.791. The predicted molar refractivity (Wildman–Crippen MR) is 39.5 cm³/mol. The van der Waals surface area contributed by atoms with Gasteiger partial charge < -0.3 is 19.5 Å². The van der Waals surface area contributed by atoms with Crippen molar-refractivity contribution in [1.82, 2.24) is 5.16 Å². The zero-order valence-corrected chi connectivity index (χ0v) is 6.88. The van der Waals surface area contributed by atoms with Crippen LogP contribution in [0, 0.1) is 0 Å². The van der Waals surface area contributed by atoms with Crippen LogP contribution in [0.3, 0.4) is 0 Å². The minimum atomic E-state index is -1.62. The number of hydrogen-bond acceptors (Lipinski definition) is 6. The van der Waals surface area contributed by atoms with Gasteiger partial charge in [-0.05, 0) is 0 Å². The fourth-order valence-corrected chi connectivity index (χ4v) is 0.791. The molecule has 0 saturated carbocycles. The van der Waals surface area contributed by atoms with Crippen LogP contribution in [0.5, 0.6) is 0 Å². The zero-order chi connectivity index (χ0) is 9.84. The van der Waals surface area contributed by atoms with Crippen molar-refractivity contribution in [3.05, 3.63) is 18.0 Å². The van der Waals surface area contributed by atoms with Gasteiger partial charge in [-0.25, -0.2) is 4.79 Å². The van der Waals surface area contributed by atoms with Crippen molar-refractivity contribution in [1.29, 1.82) is 0 Å². The average molecular weight is 187 g/mol. The van der Waals surface area contributed by atoms with E-state index in [1.807, 2.05) is 0 Å². The molecule has 0 radical (unpaired) electrons. The van der Waals surface area contributed by atoms with Crippen LogP contribution in [0.4, 0.5) is 0 Å². The fraction of sp³-hybridized carbons (Fsp3) is 0.429. The highest BCUT2D eigenvalue weighted by Crippen LogP contribution is 2.16. The third kappa shape index (κ3) is 2.04. The maximum absolute atomic E-state index is 10.8. The summed E-state index contributed by atoms with van der Waals surface area (Å²) in [5, 5.41) is 21.8. The average Bonchev–Trinajstić information content (AvgIpc) is 2.67. The van der Waals surface area contributed by atoms with Crippen molar-refractivity contribution in [2.24, 2.45) is 0 Å². The molecule has 13 heavy (non-hydrogen) atoms. The van der Waals surface area contributed by atoms with E-state index in [9.17, 15) is 9.90 Å². The summed E-state index contributed by atoms with van der Waals surface area (Å²) in [5.74, 6) is -0.909. The monoisotopic (exact) mass is 187 g/mol. The lowest BCUT2D eigenvalue weighted by Crippen LogP contribution is -2.28. The minimum absolute atomic E-state index is 0.220. The molecule has 0 aliphatic rings. The Morgan fingerprint density at radius 3 is 2.85 bits per heavy atom. The van der Waals surface area contributed by atoms with Gasteiger partial charge in [-0.15, -0.1) is 0 Å². The van der Waals surface area contributed by atoms with Gasteiger partial charge in [0.15, 0.2) is 6.10 Å².